The van der Waals surface area contributed by atoms with Gasteiger partial charge in [-0.2, -0.15) is 9.97 Å². The van der Waals surface area contributed by atoms with Crippen LogP contribution in [-0.4, -0.2) is 109 Å². The first-order valence-electron chi connectivity index (χ1n) is 13.8. The first-order valence-corrected chi connectivity index (χ1v) is 13.8. The Labute approximate surface area is 221 Å². The van der Waals surface area contributed by atoms with Crippen LogP contribution in [0.25, 0.3) is 28.1 Å². The molecular formula is C27H35N9O2. The summed E-state index contributed by atoms with van der Waals surface area (Å²) in [4.78, 5) is 27.3. The molecule has 3 aromatic heterocycles. The molecule has 3 aliphatic rings. The number of anilines is 1. The molecule has 1 N–H and O–H groups in total. The first-order chi connectivity index (χ1) is 18.6. The van der Waals surface area contributed by atoms with Crippen molar-refractivity contribution in [2.24, 2.45) is 7.05 Å². The van der Waals surface area contributed by atoms with E-state index in [1.807, 2.05) is 18.2 Å². The van der Waals surface area contributed by atoms with Crippen LogP contribution >= 0.6 is 0 Å². The number of benzene rings is 1. The van der Waals surface area contributed by atoms with Crippen LogP contribution in [0.4, 0.5) is 5.82 Å². The molecule has 3 saturated heterocycles. The van der Waals surface area contributed by atoms with E-state index >= 15 is 0 Å². The van der Waals surface area contributed by atoms with Gasteiger partial charge in [-0.15, -0.1) is 0 Å². The fourth-order valence-corrected chi connectivity index (χ4v) is 6.06. The van der Waals surface area contributed by atoms with E-state index in [2.05, 4.69) is 43.9 Å². The number of rotatable bonds is 6. The molecule has 0 spiro atoms. The highest BCUT2D eigenvalue weighted by Crippen LogP contribution is 2.29. The number of aromatic nitrogens is 6. The fraction of sp³-hybridized carbons (Fsp3) is 0.556. The molecule has 11 nitrogen and oxygen atoms in total. The van der Waals surface area contributed by atoms with Crippen LogP contribution < -0.4 is 4.90 Å². The topological polar surface area (TPSA) is 101 Å². The average Bonchev–Trinajstić information content (AvgIpc) is 3.61. The summed E-state index contributed by atoms with van der Waals surface area (Å²) in [7, 11) is 2.06. The Bertz CT molecular complexity index is 1470. The number of fused-ring (bicyclic) bond motifs is 2. The summed E-state index contributed by atoms with van der Waals surface area (Å²) in [6, 6.07) is 8.70. The van der Waals surface area contributed by atoms with Crippen molar-refractivity contribution < 1.29 is 9.84 Å². The van der Waals surface area contributed by atoms with Crippen LogP contribution in [0.3, 0.4) is 0 Å². The second-order valence-corrected chi connectivity index (χ2v) is 10.7. The largest absolute Gasteiger partial charge is 0.392 e. The molecule has 7 rings (SSSR count). The zero-order chi connectivity index (χ0) is 25.8. The summed E-state index contributed by atoms with van der Waals surface area (Å²) < 4.78 is 9.86. The molecule has 3 fully saturated rings. The van der Waals surface area contributed by atoms with Crippen LogP contribution in [0.1, 0.15) is 25.0 Å². The number of aryl methyl sites for hydroxylation is 2. The molecule has 200 valence electrons. The minimum absolute atomic E-state index is 0.170. The molecule has 0 radical (unpaired) electrons. The molecule has 1 aromatic carbocycles. The molecule has 11 heteroatoms. The van der Waals surface area contributed by atoms with E-state index in [4.69, 9.17) is 24.7 Å². The minimum Gasteiger partial charge on any atom is -0.392 e. The molecule has 0 amide bonds. The summed E-state index contributed by atoms with van der Waals surface area (Å²) in [5, 5.41) is 9.90. The number of hydrogen-bond acceptors (Lipinski definition) is 9. The smallest absolute Gasteiger partial charge is 0.239 e. The third kappa shape index (κ3) is 4.05. The molecule has 38 heavy (non-hydrogen) atoms. The number of aliphatic hydroxyl groups excluding tert-OH is 1. The van der Waals surface area contributed by atoms with Gasteiger partial charge in [0.1, 0.15) is 11.6 Å². The maximum Gasteiger partial charge on any atom is 0.239 e. The zero-order valence-electron chi connectivity index (χ0n) is 22.1. The maximum absolute atomic E-state index is 9.90. The lowest BCUT2D eigenvalue weighted by atomic mass is 10.1. The van der Waals surface area contributed by atoms with Gasteiger partial charge in [0, 0.05) is 58.8 Å². The summed E-state index contributed by atoms with van der Waals surface area (Å²) in [5.41, 5.74) is 3.64. The fourth-order valence-electron chi connectivity index (χ4n) is 6.06. The second-order valence-electron chi connectivity index (χ2n) is 10.7. The third-order valence-electron chi connectivity index (χ3n) is 8.25. The molecule has 6 heterocycles. The van der Waals surface area contributed by atoms with Gasteiger partial charge in [-0.1, -0.05) is 19.1 Å². The SMILES string of the molecule is CCc1nc2ccccc2n1-c1nc(N2CCOCC2)c2nc(CN3CC(N4CC[C@@H](O)C4)C3)n(C)c2n1. The van der Waals surface area contributed by atoms with Gasteiger partial charge in [0.25, 0.3) is 0 Å². The lowest BCUT2D eigenvalue weighted by Crippen LogP contribution is -2.58. The summed E-state index contributed by atoms with van der Waals surface area (Å²) in [6.45, 7) is 9.59. The molecule has 0 bridgehead atoms. The monoisotopic (exact) mass is 517 g/mol. The Kier molecular flexibility index (Phi) is 6.03. The Hall–Kier alpha value is -3.12. The van der Waals surface area contributed by atoms with Crippen molar-refractivity contribution in [3.05, 3.63) is 35.9 Å². The molecule has 0 aliphatic carbocycles. The van der Waals surface area contributed by atoms with E-state index in [0.29, 0.717) is 25.2 Å². The van der Waals surface area contributed by atoms with E-state index in [-0.39, 0.29) is 6.10 Å². The van der Waals surface area contributed by atoms with Crippen molar-refractivity contribution in [3.63, 3.8) is 0 Å². The normalized spacial score (nSPS) is 21.7. The van der Waals surface area contributed by atoms with Gasteiger partial charge in [0.05, 0.1) is 36.9 Å². The van der Waals surface area contributed by atoms with Crippen molar-refractivity contribution in [2.75, 3.05) is 57.4 Å². The van der Waals surface area contributed by atoms with Crippen molar-refractivity contribution in [1.82, 2.24) is 38.9 Å². The maximum atomic E-state index is 9.90. The van der Waals surface area contributed by atoms with Crippen LogP contribution in [0.2, 0.25) is 0 Å². The summed E-state index contributed by atoms with van der Waals surface area (Å²) in [6.07, 6.45) is 1.50. The number of aliphatic hydroxyl groups is 1. The number of likely N-dealkylation sites (tertiary alicyclic amines) is 2. The van der Waals surface area contributed by atoms with E-state index in [1.54, 1.807) is 0 Å². The minimum atomic E-state index is -0.170. The lowest BCUT2D eigenvalue weighted by molar-refractivity contribution is 0.0326. The van der Waals surface area contributed by atoms with Crippen LogP contribution in [-0.2, 0) is 24.8 Å². The van der Waals surface area contributed by atoms with Crippen LogP contribution in [0, 0.1) is 0 Å². The third-order valence-corrected chi connectivity index (χ3v) is 8.25. The van der Waals surface area contributed by atoms with Gasteiger partial charge in [0.15, 0.2) is 17.0 Å². The van der Waals surface area contributed by atoms with Crippen molar-refractivity contribution in [3.8, 4) is 5.95 Å². The standard InChI is InChI=1S/C27H35N9O2/c1-3-22-28-20-6-4-5-7-21(20)36(22)27-30-25-24(26(31-27)34-10-12-38-13-11-34)29-23(32(25)2)17-33-14-18(15-33)35-9-8-19(37)16-35/h4-7,18-19,37H,3,8-17H2,1-2H3/t19-/m1/s1. The van der Waals surface area contributed by atoms with E-state index in [9.17, 15) is 5.11 Å². The van der Waals surface area contributed by atoms with Gasteiger partial charge >= 0.3 is 0 Å². The Morgan fingerprint density at radius 2 is 1.79 bits per heavy atom. The number of hydrogen-bond donors (Lipinski definition) is 1. The Morgan fingerprint density at radius 3 is 2.55 bits per heavy atom. The second kappa shape index (κ2) is 9.57. The zero-order valence-corrected chi connectivity index (χ0v) is 22.1. The summed E-state index contributed by atoms with van der Waals surface area (Å²) in [5.74, 6) is 3.44. The lowest BCUT2D eigenvalue weighted by Gasteiger charge is -2.43. The highest BCUT2D eigenvalue weighted by atomic mass is 16.5. The molecule has 3 aliphatic heterocycles. The molecule has 4 aromatic rings. The molecule has 0 unspecified atom stereocenters. The van der Waals surface area contributed by atoms with Crippen molar-refractivity contribution >= 4 is 28.0 Å². The summed E-state index contributed by atoms with van der Waals surface area (Å²) >= 11 is 0. The van der Waals surface area contributed by atoms with E-state index in [1.165, 1.54) is 0 Å². The number of morpholine rings is 1. The van der Waals surface area contributed by atoms with Crippen LogP contribution in [0.15, 0.2) is 24.3 Å². The van der Waals surface area contributed by atoms with Gasteiger partial charge in [0.2, 0.25) is 5.95 Å². The highest BCUT2D eigenvalue weighted by molar-refractivity contribution is 5.86. The average molecular weight is 518 g/mol. The number of ether oxygens (including phenoxy) is 1. The van der Waals surface area contributed by atoms with Crippen molar-refractivity contribution in [2.45, 2.75) is 38.5 Å². The number of nitrogens with zero attached hydrogens (tertiary/aromatic N) is 9. The predicted molar refractivity (Wildman–Crippen MR) is 145 cm³/mol. The Balaban J connectivity index is 1.26. The molecule has 1 atom stereocenters. The predicted octanol–water partition coefficient (Wildman–Crippen LogP) is 1.35. The molecule has 0 saturated carbocycles. The molecular weight excluding hydrogens is 482 g/mol. The van der Waals surface area contributed by atoms with Gasteiger partial charge in [-0.05, 0) is 18.6 Å². The number of β-amino-alcohol motifs (C(OH)–C–C–N with tert-alkyl or cyclic N) is 1. The van der Waals surface area contributed by atoms with Gasteiger partial charge in [-0.25, -0.2) is 9.97 Å². The van der Waals surface area contributed by atoms with E-state index < -0.39 is 0 Å². The van der Waals surface area contributed by atoms with Crippen molar-refractivity contribution in [1.29, 1.82) is 0 Å². The Morgan fingerprint density at radius 1 is 0.974 bits per heavy atom. The van der Waals surface area contributed by atoms with Gasteiger partial charge in [-0.3, -0.25) is 14.4 Å². The first kappa shape index (κ1) is 24.0. The number of imidazole rings is 2. The van der Waals surface area contributed by atoms with E-state index in [0.717, 1.165) is 98.3 Å². The quantitative estimate of drug-likeness (QED) is 0.406. The van der Waals surface area contributed by atoms with Crippen LogP contribution in [0.5, 0.6) is 0 Å². The number of para-hydroxylation sites is 2. The highest BCUT2D eigenvalue weighted by Gasteiger charge is 2.36. The van der Waals surface area contributed by atoms with Gasteiger partial charge < -0.3 is 19.3 Å².